The van der Waals surface area contributed by atoms with Crippen molar-refractivity contribution in [3.8, 4) is 0 Å². The molecule has 0 saturated heterocycles. The van der Waals surface area contributed by atoms with Crippen LogP contribution in [0.3, 0.4) is 0 Å². The number of nitrogens with one attached hydrogen (secondary N) is 2. The van der Waals surface area contributed by atoms with Gasteiger partial charge < -0.3 is 10.6 Å². The number of carbonyl (C=O) groups excluding carboxylic acids is 1. The van der Waals surface area contributed by atoms with Crippen LogP contribution in [0.1, 0.15) is 37.0 Å². The molecular formula is C12H19N3OS. The van der Waals surface area contributed by atoms with Gasteiger partial charge in [-0.1, -0.05) is 19.3 Å². The average Bonchev–Trinajstić information content (AvgIpc) is 2.73. The van der Waals surface area contributed by atoms with Gasteiger partial charge >= 0.3 is 0 Å². The molecule has 1 amide bonds. The first kappa shape index (κ1) is 12.5. The third kappa shape index (κ3) is 4.09. The van der Waals surface area contributed by atoms with Crippen molar-refractivity contribution in [3.63, 3.8) is 0 Å². The molecule has 1 aromatic heterocycles. The minimum Gasteiger partial charge on any atom is -0.306 e. The maximum atomic E-state index is 11.7. The van der Waals surface area contributed by atoms with Crippen LogP contribution >= 0.6 is 11.3 Å². The minimum atomic E-state index is 0.00456. The normalized spacial score (nSPS) is 17.0. The largest absolute Gasteiger partial charge is 0.306 e. The summed E-state index contributed by atoms with van der Waals surface area (Å²) in [4.78, 5) is 16.9. The van der Waals surface area contributed by atoms with Gasteiger partial charge in [0, 0.05) is 17.1 Å². The number of hydrogen-bond acceptors (Lipinski definition) is 4. The Kier molecular flexibility index (Phi) is 4.50. The quantitative estimate of drug-likeness (QED) is 0.866. The Balaban J connectivity index is 1.70. The summed E-state index contributed by atoms with van der Waals surface area (Å²) in [6, 6.07) is 0.521. The second-order valence-corrected chi connectivity index (χ2v) is 5.77. The lowest BCUT2D eigenvalue weighted by Gasteiger charge is -2.22. The Morgan fingerprint density at radius 1 is 1.47 bits per heavy atom. The molecule has 0 atom stereocenters. The van der Waals surface area contributed by atoms with Crippen LogP contribution < -0.4 is 10.6 Å². The summed E-state index contributed by atoms with van der Waals surface area (Å²) >= 11 is 1.51. The molecule has 1 fully saturated rings. The van der Waals surface area contributed by atoms with E-state index in [1.165, 1.54) is 43.4 Å². The Bertz CT molecular complexity index is 372. The van der Waals surface area contributed by atoms with Crippen LogP contribution in [-0.4, -0.2) is 23.5 Å². The monoisotopic (exact) mass is 253 g/mol. The molecular weight excluding hydrogens is 234 g/mol. The first-order valence-electron chi connectivity index (χ1n) is 6.20. The number of thiazole rings is 1. The third-order valence-corrected chi connectivity index (χ3v) is 3.85. The topological polar surface area (TPSA) is 54.0 Å². The van der Waals surface area contributed by atoms with Crippen LogP contribution in [-0.2, 0) is 4.79 Å². The molecule has 1 saturated carbocycles. The van der Waals surface area contributed by atoms with Gasteiger partial charge in [0.25, 0.3) is 0 Å². The predicted octanol–water partition coefficient (Wildman–Crippen LogP) is 2.31. The van der Waals surface area contributed by atoms with E-state index < -0.39 is 0 Å². The zero-order valence-electron chi connectivity index (χ0n) is 10.2. The van der Waals surface area contributed by atoms with Crippen LogP contribution in [0.2, 0.25) is 0 Å². The van der Waals surface area contributed by atoms with E-state index in [1.54, 1.807) is 6.20 Å². The van der Waals surface area contributed by atoms with Gasteiger partial charge in [-0.3, -0.25) is 4.79 Å². The molecule has 0 bridgehead atoms. The smallest absolute Gasteiger partial charge is 0.240 e. The van der Waals surface area contributed by atoms with E-state index in [9.17, 15) is 4.79 Å². The van der Waals surface area contributed by atoms with Gasteiger partial charge in [-0.25, -0.2) is 4.98 Å². The van der Waals surface area contributed by atoms with Crippen LogP contribution in [0.4, 0.5) is 5.13 Å². The Morgan fingerprint density at radius 3 is 2.88 bits per heavy atom. The maximum absolute atomic E-state index is 11.7. The molecule has 0 unspecified atom stereocenters. The van der Waals surface area contributed by atoms with Crippen LogP contribution in [0.5, 0.6) is 0 Å². The molecule has 0 spiro atoms. The first-order chi connectivity index (χ1) is 8.24. The van der Waals surface area contributed by atoms with E-state index in [4.69, 9.17) is 0 Å². The lowest BCUT2D eigenvalue weighted by Crippen LogP contribution is -2.37. The second-order valence-electron chi connectivity index (χ2n) is 4.54. The Labute approximate surface area is 106 Å². The molecule has 0 radical (unpaired) electrons. The molecule has 0 aromatic carbocycles. The number of anilines is 1. The predicted molar refractivity (Wildman–Crippen MR) is 70.4 cm³/mol. The molecule has 94 valence electrons. The van der Waals surface area contributed by atoms with Crippen molar-refractivity contribution in [2.75, 3.05) is 11.9 Å². The Hall–Kier alpha value is -0.940. The first-order valence-corrected chi connectivity index (χ1v) is 7.01. The van der Waals surface area contributed by atoms with E-state index in [-0.39, 0.29) is 5.91 Å². The standard InChI is InChI=1S/C12H19N3OS/c1-9-7-14-12(17-9)15-11(16)8-13-10-5-3-2-4-6-10/h7,10,13H,2-6,8H2,1H3,(H,14,15,16). The molecule has 2 N–H and O–H groups in total. The molecule has 1 heterocycles. The number of amides is 1. The fourth-order valence-electron chi connectivity index (χ4n) is 2.12. The minimum absolute atomic E-state index is 0.00456. The van der Waals surface area contributed by atoms with E-state index in [0.717, 1.165) is 4.88 Å². The number of aromatic nitrogens is 1. The molecule has 4 nitrogen and oxygen atoms in total. The van der Waals surface area contributed by atoms with Crippen molar-refractivity contribution in [1.29, 1.82) is 0 Å². The SMILES string of the molecule is Cc1cnc(NC(=O)CNC2CCCCC2)s1. The molecule has 2 rings (SSSR count). The second kappa shape index (κ2) is 6.12. The van der Waals surface area contributed by atoms with Crippen molar-refractivity contribution in [2.45, 2.75) is 45.1 Å². The van der Waals surface area contributed by atoms with Gasteiger partial charge in [-0.2, -0.15) is 0 Å². The number of rotatable bonds is 4. The third-order valence-electron chi connectivity index (χ3n) is 3.02. The Morgan fingerprint density at radius 2 is 2.24 bits per heavy atom. The number of nitrogens with zero attached hydrogens (tertiary/aromatic N) is 1. The summed E-state index contributed by atoms with van der Waals surface area (Å²) in [6.45, 7) is 2.37. The number of aryl methyl sites for hydroxylation is 1. The van der Waals surface area contributed by atoms with Crippen molar-refractivity contribution in [1.82, 2.24) is 10.3 Å². The van der Waals surface area contributed by atoms with Gasteiger partial charge in [0.05, 0.1) is 6.54 Å². The summed E-state index contributed by atoms with van der Waals surface area (Å²) in [7, 11) is 0. The van der Waals surface area contributed by atoms with E-state index in [1.807, 2.05) is 6.92 Å². The van der Waals surface area contributed by atoms with Crippen molar-refractivity contribution < 1.29 is 4.79 Å². The summed E-state index contributed by atoms with van der Waals surface area (Å²) in [5.41, 5.74) is 0. The van der Waals surface area contributed by atoms with Crippen LogP contribution in [0.15, 0.2) is 6.20 Å². The lowest BCUT2D eigenvalue weighted by atomic mass is 9.95. The molecule has 5 heteroatoms. The highest BCUT2D eigenvalue weighted by Crippen LogP contribution is 2.18. The van der Waals surface area contributed by atoms with Crippen LogP contribution in [0.25, 0.3) is 0 Å². The summed E-state index contributed by atoms with van der Waals surface area (Å²) in [6.07, 6.45) is 8.07. The lowest BCUT2D eigenvalue weighted by molar-refractivity contribution is -0.115. The molecule has 1 aliphatic carbocycles. The highest BCUT2D eigenvalue weighted by atomic mass is 32.1. The van der Waals surface area contributed by atoms with Gasteiger partial charge in [-0.15, -0.1) is 11.3 Å². The highest BCUT2D eigenvalue weighted by molar-refractivity contribution is 7.15. The van der Waals surface area contributed by atoms with Gasteiger partial charge in [0.1, 0.15) is 0 Å². The fourth-order valence-corrected chi connectivity index (χ4v) is 2.80. The van der Waals surface area contributed by atoms with E-state index >= 15 is 0 Å². The zero-order valence-corrected chi connectivity index (χ0v) is 11.0. The van der Waals surface area contributed by atoms with E-state index in [2.05, 4.69) is 15.6 Å². The highest BCUT2D eigenvalue weighted by Gasteiger charge is 2.14. The molecule has 0 aliphatic heterocycles. The molecule has 17 heavy (non-hydrogen) atoms. The molecule has 1 aromatic rings. The summed E-state index contributed by atoms with van der Waals surface area (Å²) in [5.74, 6) is 0.00456. The van der Waals surface area contributed by atoms with Crippen molar-refractivity contribution in [2.24, 2.45) is 0 Å². The van der Waals surface area contributed by atoms with Crippen molar-refractivity contribution in [3.05, 3.63) is 11.1 Å². The van der Waals surface area contributed by atoms with Gasteiger partial charge in [-0.05, 0) is 19.8 Å². The van der Waals surface area contributed by atoms with E-state index in [0.29, 0.717) is 17.7 Å². The summed E-state index contributed by atoms with van der Waals surface area (Å²) in [5, 5.41) is 6.81. The zero-order chi connectivity index (χ0) is 12.1. The summed E-state index contributed by atoms with van der Waals surface area (Å²) < 4.78 is 0. The van der Waals surface area contributed by atoms with Crippen molar-refractivity contribution >= 4 is 22.4 Å². The molecule has 1 aliphatic rings. The average molecular weight is 253 g/mol. The number of carbonyl (C=O) groups is 1. The van der Waals surface area contributed by atoms with Crippen LogP contribution in [0, 0.1) is 6.92 Å². The maximum Gasteiger partial charge on any atom is 0.240 e. The van der Waals surface area contributed by atoms with Gasteiger partial charge in [0.15, 0.2) is 5.13 Å². The van der Waals surface area contributed by atoms with Gasteiger partial charge in [0.2, 0.25) is 5.91 Å². The number of hydrogen-bond donors (Lipinski definition) is 2. The fraction of sp³-hybridized carbons (Fsp3) is 0.667.